The molecule has 18 heavy (non-hydrogen) atoms. The molecule has 0 unspecified atom stereocenters. The number of amides is 1. The number of nitrogens with two attached hydrogens (primary N) is 1. The lowest BCUT2D eigenvalue weighted by molar-refractivity contribution is 0.0362. The highest BCUT2D eigenvalue weighted by atomic mass is 79.9. The van der Waals surface area contributed by atoms with E-state index in [0.29, 0.717) is 11.3 Å². The Kier molecular flexibility index (Phi) is 4.24. The van der Waals surface area contributed by atoms with E-state index in [9.17, 15) is 4.79 Å². The van der Waals surface area contributed by atoms with Crippen LogP contribution in [0.3, 0.4) is 0 Å². The van der Waals surface area contributed by atoms with Gasteiger partial charge in [0.2, 0.25) is 0 Å². The first-order valence-electron chi connectivity index (χ1n) is 5.99. The zero-order valence-electron chi connectivity index (χ0n) is 10.4. The van der Waals surface area contributed by atoms with Crippen molar-refractivity contribution in [1.29, 1.82) is 0 Å². The number of halogens is 1. The normalized spacial score (nSPS) is 16.6. The van der Waals surface area contributed by atoms with Gasteiger partial charge in [0.25, 0.3) is 5.91 Å². The van der Waals surface area contributed by atoms with Crippen LogP contribution in [-0.2, 0) is 4.74 Å². The van der Waals surface area contributed by atoms with Gasteiger partial charge in [0, 0.05) is 42.0 Å². The van der Waals surface area contributed by atoms with E-state index in [-0.39, 0.29) is 11.9 Å². The Bertz CT molecular complexity index is 445. The average molecular weight is 313 g/mol. The molecule has 1 aromatic rings. The van der Waals surface area contributed by atoms with Crippen LogP contribution in [-0.4, -0.2) is 37.1 Å². The fourth-order valence-electron chi connectivity index (χ4n) is 2.10. The molecule has 98 valence electrons. The van der Waals surface area contributed by atoms with Crippen LogP contribution in [0.25, 0.3) is 0 Å². The minimum Gasteiger partial charge on any atom is -0.398 e. The second kappa shape index (κ2) is 5.71. The molecular formula is C13H17BrN2O2. The standard InChI is InChI=1S/C13H17BrN2O2/c1-16(10-4-6-18-7-5-10)13(17)9-2-3-12(15)11(14)8-9/h2-3,8,10H,4-7,15H2,1H3. The van der Waals surface area contributed by atoms with Crippen LogP contribution in [0.2, 0.25) is 0 Å². The van der Waals surface area contributed by atoms with Crippen molar-refractivity contribution < 1.29 is 9.53 Å². The van der Waals surface area contributed by atoms with Crippen LogP contribution < -0.4 is 5.73 Å². The Labute approximate surface area is 115 Å². The summed E-state index contributed by atoms with van der Waals surface area (Å²) in [6.45, 7) is 1.46. The molecule has 0 radical (unpaired) electrons. The third-order valence-electron chi connectivity index (χ3n) is 3.31. The van der Waals surface area contributed by atoms with Crippen molar-refractivity contribution in [2.75, 3.05) is 26.0 Å². The first-order valence-corrected chi connectivity index (χ1v) is 6.79. The number of ether oxygens (including phenoxy) is 1. The first-order chi connectivity index (χ1) is 8.59. The maximum Gasteiger partial charge on any atom is 0.253 e. The maximum absolute atomic E-state index is 12.3. The Hall–Kier alpha value is -1.07. The van der Waals surface area contributed by atoms with Gasteiger partial charge in [-0.3, -0.25) is 4.79 Å². The summed E-state index contributed by atoms with van der Waals surface area (Å²) in [7, 11) is 1.85. The van der Waals surface area contributed by atoms with Crippen molar-refractivity contribution >= 4 is 27.5 Å². The molecule has 1 fully saturated rings. The molecule has 1 aromatic carbocycles. The highest BCUT2D eigenvalue weighted by Crippen LogP contribution is 2.22. The fourth-order valence-corrected chi connectivity index (χ4v) is 2.48. The van der Waals surface area contributed by atoms with Gasteiger partial charge in [-0.1, -0.05) is 0 Å². The van der Waals surface area contributed by atoms with Gasteiger partial charge in [0.15, 0.2) is 0 Å². The number of rotatable bonds is 2. The third-order valence-corrected chi connectivity index (χ3v) is 3.99. The van der Waals surface area contributed by atoms with Crippen molar-refractivity contribution in [3.63, 3.8) is 0 Å². The zero-order chi connectivity index (χ0) is 13.1. The first kappa shape index (κ1) is 13.4. The highest BCUT2D eigenvalue weighted by molar-refractivity contribution is 9.10. The summed E-state index contributed by atoms with van der Waals surface area (Å²) in [6.07, 6.45) is 1.80. The number of benzene rings is 1. The predicted octanol–water partition coefficient (Wildman–Crippen LogP) is 2.28. The number of carbonyl (C=O) groups excluding carboxylic acids is 1. The number of anilines is 1. The van der Waals surface area contributed by atoms with Crippen LogP contribution in [0.5, 0.6) is 0 Å². The van der Waals surface area contributed by atoms with E-state index in [0.717, 1.165) is 30.5 Å². The lowest BCUT2D eigenvalue weighted by atomic mass is 10.1. The molecule has 1 heterocycles. The van der Waals surface area contributed by atoms with Crippen molar-refractivity contribution in [2.24, 2.45) is 0 Å². The van der Waals surface area contributed by atoms with Gasteiger partial charge in [0.05, 0.1) is 0 Å². The molecule has 0 spiro atoms. The minimum absolute atomic E-state index is 0.0302. The summed E-state index contributed by atoms with van der Waals surface area (Å²) in [5.41, 5.74) is 7.02. The quantitative estimate of drug-likeness (QED) is 0.852. The van der Waals surface area contributed by atoms with Gasteiger partial charge in [-0.15, -0.1) is 0 Å². The Balaban J connectivity index is 2.11. The lowest BCUT2D eigenvalue weighted by Crippen LogP contribution is -2.40. The van der Waals surface area contributed by atoms with Gasteiger partial charge >= 0.3 is 0 Å². The average Bonchev–Trinajstić information content (AvgIpc) is 2.41. The molecule has 4 nitrogen and oxygen atoms in total. The molecule has 0 atom stereocenters. The molecule has 0 saturated carbocycles. The highest BCUT2D eigenvalue weighted by Gasteiger charge is 2.23. The molecule has 2 rings (SSSR count). The fraction of sp³-hybridized carbons (Fsp3) is 0.462. The second-order valence-corrected chi connectivity index (χ2v) is 5.35. The molecule has 2 N–H and O–H groups in total. The van der Waals surface area contributed by atoms with Crippen molar-refractivity contribution in [3.05, 3.63) is 28.2 Å². The lowest BCUT2D eigenvalue weighted by Gasteiger charge is -2.31. The van der Waals surface area contributed by atoms with Crippen molar-refractivity contribution in [1.82, 2.24) is 4.90 Å². The topological polar surface area (TPSA) is 55.6 Å². The van der Waals surface area contributed by atoms with Crippen LogP contribution >= 0.6 is 15.9 Å². The number of hydrogen-bond acceptors (Lipinski definition) is 3. The van der Waals surface area contributed by atoms with Gasteiger partial charge in [-0.2, -0.15) is 0 Å². The SMILES string of the molecule is CN(C(=O)c1ccc(N)c(Br)c1)C1CCOCC1. The molecule has 1 saturated heterocycles. The molecule has 1 amide bonds. The largest absolute Gasteiger partial charge is 0.398 e. The summed E-state index contributed by atoms with van der Waals surface area (Å²) in [5.74, 6) is 0.0302. The van der Waals surface area contributed by atoms with Crippen LogP contribution in [0, 0.1) is 0 Å². The van der Waals surface area contributed by atoms with Crippen LogP contribution in [0.15, 0.2) is 22.7 Å². The molecule has 5 heteroatoms. The van der Waals surface area contributed by atoms with Gasteiger partial charge in [0.1, 0.15) is 0 Å². The molecule has 1 aliphatic rings. The maximum atomic E-state index is 12.3. The van der Waals surface area contributed by atoms with E-state index in [1.165, 1.54) is 0 Å². The van der Waals surface area contributed by atoms with Gasteiger partial charge < -0.3 is 15.4 Å². The smallest absolute Gasteiger partial charge is 0.253 e. The van der Waals surface area contributed by atoms with Crippen molar-refractivity contribution in [2.45, 2.75) is 18.9 Å². The monoisotopic (exact) mass is 312 g/mol. The van der Waals surface area contributed by atoms with Crippen LogP contribution in [0.1, 0.15) is 23.2 Å². The zero-order valence-corrected chi connectivity index (χ0v) is 11.9. The van der Waals surface area contributed by atoms with E-state index in [4.69, 9.17) is 10.5 Å². The summed E-state index contributed by atoms with van der Waals surface area (Å²) in [4.78, 5) is 14.1. The predicted molar refractivity (Wildman–Crippen MR) is 74.5 cm³/mol. The Morgan fingerprint density at radius 3 is 2.72 bits per heavy atom. The van der Waals surface area contributed by atoms with E-state index < -0.39 is 0 Å². The molecule has 0 aliphatic carbocycles. The molecule has 0 bridgehead atoms. The minimum atomic E-state index is 0.0302. The number of carbonyl (C=O) groups is 1. The van der Waals surface area contributed by atoms with Gasteiger partial charge in [-0.25, -0.2) is 0 Å². The summed E-state index contributed by atoms with van der Waals surface area (Å²) >= 11 is 3.34. The Morgan fingerprint density at radius 2 is 2.11 bits per heavy atom. The molecule has 1 aliphatic heterocycles. The van der Waals surface area contributed by atoms with E-state index in [1.54, 1.807) is 23.1 Å². The third kappa shape index (κ3) is 2.84. The number of nitrogens with zero attached hydrogens (tertiary/aromatic N) is 1. The van der Waals surface area contributed by atoms with Gasteiger partial charge in [-0.05, 0) is 47.0 Å². The number of nitrogen functional groups attached to an aromatic ring is 1. The van der Waals surface area contributed by atoms with E-state index >= 15 is 0 Å². The second-order valence-electron chi connectivity index (χ2n) is 4.50. The summed E-state index contributed by atoms with van der Waals surface area (Å²) in [6, 6.07) is 5.54. The molecular weight excluding hydrogens is 296 g/mol. The Morgan fingerprint density at radius 1 is 1.44 bits per heavy atom. The van der Waals surface area contributed by atoms with E-state index in [2.05, 4.69) is 15.9 Å². The summed E-state index contributed by atoms with van der Waals surface area (Å²) < 4.78 is 6.07. The van der Waals surface area contributed by atoms with E-state index in [1.807, 2.05) is 7.05 Å². The van der Waals surface area contributed by atoms with Crippen molar-refractivity contribution in [3.8, 4) is 0 Å². The summed E-state index contributed by atoms with van der Waals surface area (Å²) in [5, 5.41) is 0. The molecule has 0 aromatic heterocycles. The number of hydrogen-bond donors (Lipinski definition) is 1. The van der Waals surface area contributed by atoms with Crippen LogP contribution in [0.4, 0.5) is 5.69 Å².